The molecular formula is C60H108O6. The molecule has 0 aromatic rings. The van der Waals surface area contributed by atoms with E-state index in [-0.39, 0.29) is 31.1 Å². The fraction of sp³-hybridized carbons (Fsp3) is 0.817. The zero-order valence-corrected chi connectivity index (χ0v) is 44.0. The molecule has 0 spiro atoms. The van der Waals surface area contributed by atoms with Gasteiger partial charge in [0.15, 0.2) is 6.10 Å². The molecule has 0 heterocycles. The maximum absolute atomic E-state index is 12.8. The molecule has 0 radical (unpaired) electrons. The zero-order chi connectivity index (χ0) is 47.9. The Hall–Kier alpha value is -2.63. The first-order chi connectivity index (χ1) is 32.5. The first-order valence-electron chi connectivity index (χ1n) is 28.6. The average molecular weight is 926 g/mol. The standard InChI is InChI=1S/C60H108O6/c1-4-7-10-13-16-19-22-24-25-26-27-28-29-30-31-32-33-34-35-37-38-41-44-47-50-53-59(62)65-56-57(55-64-58(61)52-49-46-43-40-21-18-15-12-9-6-3)66-60(63)54-51-48-45-42-39-36-23-20-17-14-11-8-5-2/h12,15,20,22-24,26-27,57H,4-11,13-14,16-19,21,25,28-56H2,1-3H3/b15-12-,23-20-,24-22-,27-26-. The molecule has 0 amide bonds. The fourth-order valence-electron chi connectivity index (χ4n) is 8.18. The number of hydrogen-bond acceptors (Lipinski definition) is 6. The van der Waals surface area contributed by atoms with Crippen LogP contribution in [-0.4, -0.2) is 37.2 Å². The van der Waals surface area contributed by atoms with Gasteiger partial charge in [0.05, 0.1) is 0 Å². The minimum atomic E-state index is -0.778. The number of carbonyl (C=O) groups excluding carboxylic acids is 3. The van der Waals surface area contributed by atoms with Crippen molar-refractivity contribution >= 4 is 17.9 Å². The third kappa shape index (κ3) is 52.3. The molecule has 0 fully saturated rings. The second-order valence-corrected chi connectivity index (χ2v) is 19.2. The monoisotopic (exact) mass is 925 g/mol. The molecule has 0 saturated heterocycles. The van der Waals surface area contributed by atoms with Crippen LogP contribution in [0.2, 0.25) is 0 Å². The Morgan fingerprint density at radius 3 is 0.924 bits per heavy atom. The lowest BCUT2D eigenvalue weighted by molar-refractivity contribution is -0.167. The topological polar surface area (TPSA) is 78.9 Å². The number of esters is 3. The Morgan fingerprint density at radius 1 is 0.303 bits per heavy atom. The van der Waals surface area contributed by atoms with Crippen LogP contribution in [0, 0.1) is 0 Å². The van der Waals surface area contributed by atoms with Crippen LogP contribution in [0.15, 0.2) is 48.6 Å². The average Bonchev–Trinajstić information content (AvgIpc) is 3.31. The van der Waals surface area contributed by atoms with Gasteiger partial charge in [0.25, 0.3) is 0 Å². The molecule has 0 bridgehead atoms. The van der Waals surface area contributed by atoms with Crippen molar-refractivity contribution in [2.24, 2.45) is 0 Å². The lowest BCUT2D eigenvalue weighted by atomic mass is 10.0. The Kier molecular flexibility index (Phi) is 52.8. The fourth-order valence-corrected chi connectivity index (χ4v) is 8.18. The summed E-state index contributed by atoms with van der Waals surface area (Å²) in [5.74, 6) is -0.889. The van der Waals surface area contributed by atoms with E-state index in [2.05, 4.69) is 69.4 Å². The van der Waals surface area contributed by atoms with Crippen molar-refractivity contribution < 1.29 is 28.6 Å². The second-order valence-electron chi connectivity index (χ2n) is 19.2. The Bertz CT molecular complexity index is 1150. The van der Waals surface area contributed by atoms with Crippen LogP contribution in [0.3, 0.4) is 0 Å². The van der Waals surface area contributed by atoms with E-state index in [1.54, 1.807) is 0 Å². The number of hydrogen-bond donors (Lipinski definition) is 0. The number of carbonyl (C=O) groups is 3. The van der Waals surface area contributed by atoms with Gasteiger partial charge in [-0.15, -0.1) is 0 Å². The van der Waals surface area contributed by atoms with E-state index in [0.717, 1.165) is 89.9 Å². The van der Waals surface area contributed by atoms with E-state index < -0.39 is 6.10 Å². The molecule has 0 aliphatic rings. The number of allylic oxidation sites excluding steroid dienone is 8. The van der Waals surface area contributed by atoms with Crippen molar-refractivity contribution in [3.63, 3.8) is 0 Å². The molecular weight excluding hydrogens is 817 g/mol. The third-order valence-electron chi connectivity index (χ3n) is 12.5. The molecule has 0 rings (SSSR count). The minimum absolute atomic E-state index is 0.0779. The minimum Gasteiger partial charge on any atom is -0.462 e. The summed E-state index contributed by atoms with van der Waals surface area (Å²) in [4.78, 5) is 38.0. The van der Waals surface area contributed by atoms with Crippen molar-refractivity contribution in [1.29, 1.82) is 0 Å². The van der Waals surface area contributed by atoms with Crippen LogP contribution in [0.25, 0.3) is 0 Å². The first-order valence-corrected chi connectivity index (χ1v) is 28.6. The van der Waals surface area contributed by atoms with Gasteiger partial charge >= 0.3 is 17.9 Å². The largest absolute Gasteiger partial charge is 0.462 e. The summed E-state index contributed by atoms with van der Waals surface area (Å²) in [6.45, 7) is 6.56. The van der Waals surface area contributed by atoms with Crippen LogP contribution in [0.1, 0.15) is 297 Å². The highest BCUT2D eigenvalue weighted by Crippen LogP contribution is 2.16. The molecule has 6 heteroatoms. The van der Waals surface area contributed by atoms with Crippen molar-refractivity contribution in [2.75, 3.05) is 13.2 Å². The second kappa shape index (κ2) is 55.0. The van der Waals surface area contributed by atoms with Gasteiger partial charge in [-0.3, -0.25) is 14.4 Å². The van der Waals surface area contributed by atoms with E-state index in [4.69, 9.17) is 14.2 Å². The summed E-state index contributed by atoms with van der Waals surface area (Å²) < 4.78 is 16.8. The molecule has 384 valence electrons. The molecule has 1 atom stereocenters. The van der Waals surface area contributed by atoms with Gasteiger partial charge in [-0.25, -0.2) is 0 Å². The van der Waals surface area contributed by atoms with Crippen molar-refractivity contribution in [3.8, 4) is 0 Å². The number of unbranched alkanes of at least 4 members (excludes halogenated alkanes) is 33. The van der Waals surface area contributed by atoms with E-state index in [0.29, 0.717) is 19.3 Å². The van der Waals surface area contributed by atoms with Crippen LogP contribution in [0.5, 0.6) is 0 Å². The summed E-state index contributed by atoms with van der Waals surface area (Å²) in [5.41, 5.74) is 0. The Labute approximate surface area is 409 Å². The highest BCUT2D eigenvalue weighted by atomic mass is 16.6. The van der Waals surface area contributed by atoms with E-state index in [9.17, 15) is 14.4 Å². The highest BCUT2D eigenvalue weighted by molar-refractivity contribution is 5.71. The lowest BCUT2D eigenvalue weighted by Gasteiger charge is -2.18. The quantitative estimate of drug-likeness (QED) is 0.0262. The van der Waals surface area contributed by atoms with Gasteiger partial charge in [-0.05, 0) is 96.3 Å². The van der Waals surface area contributed by atoms with Gasteiger partial charge < -0.3 is 14.2 Å². The van der Waals surface area contributed by atoms with Crippen molar-refractivity contribution in [1.82, 2.24) is 0 Å². The molecule has 66 heavy (non-hydrogen) atoms. The molecule has 0 aromatic carbocycles. The molecule has 0 aliphatic heterocycles. The predicted molar refractivity (Wildman–Crippen MR) is 284 cm³/mol. The maximum Gasteiger partial charge on any atom is 0.306 e. The zero-order valence-electron chi connectivity index (χ0n) is 44.0. The summed E-state index contributed by atoms with van der Waals surface area (Å²) >= 11 is 0. The SMILES string of the molecule is CCC/C=C\CCCCCCCC(=O)OCC(COC(=O)CCCCCCCCCCCCCCC/C=C\C/C=C\CCCCCCC)OC(=O)CCCCCCC/C=C\CCCCCC. The highest BCUT2D eigenvalue weighted by Gasteiger charge is 2.19. The van der Waals surface area contributed by atoms with E-state index >= 15 is 0 Å². The summed E-state index contributed by atoms with van der Waals surface area (Å²) in [6, 6.07) is 0. The Balaban J connectivity index is 4.19. The molecule has 0 aliphatic carbocycles. The predicted octanol–water partition coefficient (Wildman–Crippen LogP) is 19.0. The van der Waals surface area contributed by atoms with Crippen LogP contribution >= 0.6 is 0 Å². The number of ether oxygens (including phenoxy) is 3. The normalized spacial score (nSPS) is 12.3. The van der Waals surface area contributed by atoms with E-state index in [1.165, 1.54) is 167 Å². The smallest absolute Gasteiger partial charge is 0.306 e. The van der Waals surface area contributed by atoms with Crippen LogP contribution in [0.4, 0.5) is 0 Å². The van der Waals surface area contributed by atoms with Gasteiger partial charge in [-0.1, -0.05) is 230 Å². The summed E-state index contributed by atoms with van der Waals surface area (Å²) in [5, 5.41) is 0. The van der Waals surface area contributed by atoms with Crippen molar-refractivity contribution in [2.45, 2.75) is 303 Å². The van der Waals surface area contributed by atoms with Crippen molar-refractivity contribution in [3.05, 3.63) is 48.6 Å². The first kappa shape index (κ1) is 63.4. The molecule has 0 N–H and O–H groups in total. The van der Waals surface area contributed by atoms with Gasteiger partial charge in [-0.2, -0.15) is 0 Å². The van der Waals surface area contributed by atoms with Gasteiger partial charge in [0.1, 0.15) is 13.2 Å². The molecule has 6 nitrogen and oxygen atoms in total. The van der Waals surface area contributed by atoms with E-state index in [1.807, 2.05) is 0 Å². The lowest BCUT2D eigenvalue weighted by Crippen LogP contribution is -2.30. The summed E-state index contributed by atoms with van der Waals surface area (Å²) in [7, 11) is 0. The maximum atomic E-state index is 12.8. The third-order valence-corrected chi connectivity index (χ3v) is 12.5. The Morgan fingerprint density at radius 2 is 0.576 bits per heavy atom. The van der Waals surface area contributed by atoms with Gasteiger partial charge in [0.2, 0.25) is 0 Å². The van der Waals surface area contributed by atoms with Crippen LogP contribution in [-0.2, 0) is 28.6 Å². The summed E-state index contributed by atoms with van der Waals surface area (Å²) in [6.07, 6.45) is 66.9. The molecule has 0 aromatic heterocycles. The van der Waals surface area contributed by atoms with Gasteiger partial charge in [0, 0.05) is 19.3 Å². The number of rotatable bonds is 52. The van der Waals surface area contributed by atoms with Crippen LogP contribution < -0.4 is 0 Å². The molecule has 0 saturated carbocycles. The molecule has 1 unspecified atom stereocenters.